The summed E-state index contributed by atoms with van der Waals surface area (Å²) in [6, 6.07) is 13.7. The second-order valence-electron chi connectivity index (χ2n) is 7.32. The number of hydrogen-bond donors (Lipinski definition) is 0. The van der Waals surface area contributed by atoms with Gasteiger partial charge in [-0.1, -0.05) is 12.1 Å². The van der Waals surface area contributed by atoms with Crippen molar-refractivity contribution in [3.05, 3.63) is 60.4 Å². The molecule has 158 valence electrons. The third-order valence-electron chi connectivity index (χ3n) is 5.41. The van der Waals surface area contributed by atoms with Gasteiger partial charge in [-0.15, -0.1) is 9.50 Å². The number of nitrogens with zero attached hydrogens (tertiary/aromatic N) is 6. The Labute approximate surface area is 178 Å². The predicted molar refractivity (Wildman–Crippen MR) is 109 cm³/mol. The van der Waals surface area contributed by atoms with Crippen LogP contribution in [0.2, 0.25) is 0 Å². The average Bonchev–Trinajstić information content (AvgIpc) is 3.41. The summed E-state index contributed by atoms with van der Waals surface area (Å²) in [5, 5.41) is 11.0. The van der Waals surface area contributed by atoms with Gasteiger partial charge in [0, 0.05) is 18.7 Å². The lowest BCUT2D eigenvalue weighted by molar-refractivity contribution is -0.140. The Hall–Kier alpha value is -3.60. The van der Waals surface area contributed by atoms with Crippen LogP contribution in [-0.2, 0) is 14.8 Å². The van der Waals surface area contributed by atoms with Gasteiger partial charge in [0.05, 0.1) is 11.6 Å². The lowest BCUT2D eigenvalue weighted by Gasteiger charge is -2.32. The standard InChI is InChI=1S/C20H18N6O4S/c27-20(30-16-7-5-15(6-8-16)26-13-21-23-24-26)14-9-11-25(12-10-14)19-17-3-1-2-4-18(17)31(28,29)22-19/h1-8,13-14H,9-12H2. The molecule has 1 saturated heterocycles. The highest BCUT2D eigenvalue weighted by atomic mass is 32.2. The predicted octanol–water partition coefficient (Wildman–Crippen LogP) is 1.43. The Kier molecular flexibility index (Phi) is 4.74. The summed E-state index contributed by atoms with van der Waals surface area (Å²) < 4.78 is 35.6. The number of amidine groups is 1. The maximum atomic E-state index is 12.6. The van der Waals surface area contributed by atoms with Crippen LogP contribution in [0.5, 0.6) is 5.75 Å². The van der Waals surface area contributed by atoms with Gasteiger partial charge in [0.15, 0.2) is 5.84 Å². The molecule has 2 aliphatic heterocycles. The first-order chi connectivity index (χ1) is 15.0. The van der Waals surface area contributed by atoms with Crippen molar-refractivity contribution in [2.75, 3.05) is 13.1 Å². The molecule has 5 rings (SSSR count). The third kappa shape index (κ3) is 3.67. The molecule has 10 nitrogen and oxygen atoms in total. The van der Waals surface area contributed by atoms with Gasteiger partial charge in [-0.2, -0.15) is 8.42 Å². The molecule has 2 aromatic carbocycles. The highest BCUT2D eigenvalue weighted by Crippen LogP contribution is 2.30. The van der Waals surface area contributed by atoms with E-state index in [0.29, 0.717) is 43.1 Å². The lowest BCUT2D eigenvalue weighted by Crippen LogP contribution is -2.41. The molecular weight excluding hydrogens is 420 g/mol. The lowest BCUT2D eigenvalue weighted by atomic mass is 9.96. The van der Waals surface area contributed by atoms with Gasteiger partial charge < -0.3 is 9.64 Å². The molecule has 1 aromatic heterocycles. The van der Waals surface area contributed by atoms with E-state index < -0.39 is 10.0 Å². The molecule has 31 heavy (non-hydrogen) atoms. The number of hydrogen-bond acceptors (Lipinski definition) is 8. The Balaban J connectivity index is 1.22. The summed E-state index contributed by atoms with van der Waals surface area (Å²) in [5.41, 5.74) is 1.37. The van der Waals surface area contributed by atoms with Gasteiger partial charge in [0.25, 0.3) is 10.0 Å². The number of likely N-dealkylation sites (tertiary alicyclic amines) is 1. The molecule has 0 radical (unpaired) electrons. The van der Waals surface area contributed by atoms with Gasteiger partial charge >= 0.3 is 5.97 Å². The molecule has 0 saturated carbocycles. The van der Waals surface area contributed by atoms with Crippen LogP contribution in [0.4, 0.5) is 0 Å². The quantitative estimate of drug-likeness (QED) is 0.445. The minimum atomic E-state index is -3.65. The maximum absolute atomic E-state index is 12.6. The summed E-state index contributed by atoms with van der Waals surface area (Å²) in [6.45, 7) is 1.06. The van der Waals surface area contributed by atoms with E-state index in [1.165, 1.54) is 11.0 Å². The molecule has 2 aliphatic rings. The van der Waals surface area contributed by atoms with Crippen molar-refractivity contribution in [3.63, 3.8) is 0 Å². The number of aromatic nitrogens is 4. The number of fused-ring (bicyclic) bond motifs is 1. The van der Waals surface area contributed by atoms with E-state index in [1.807, 2.05) is 4.90 Å². The second-order valence-corrected chi connectivity index (χ2v) is 8.89. The van der Waals surface area contributed by atoms with Crippen LogP contribution in [0.15, 0.2) is 64.2 Å². The molecule has 0 atom stereocenters. The highest BCUT2D eigenvalue weighted by Gasteiger charge is 2.34. The molecule has 0 amide bonds. The normalized spacial score (nSPS) is 17.8. The summed E-state index contributed by atoms with van der Waals surface area (Å²) in [7, 11) is -3.65. The summed E-state index contributed by atoms with van der Waals surface area (Å²) in [5.74, 6) is 0.352. The van der Waals surface area contributed by atoms with Gasteiger partial charge in [-0.25, -0.2) is 4.68 Å². The van der Waals surface area contributed by atoms with E-state index in [1.54, 1.807) is 48.5 Å². The minimum Gasteiger partial charge on any atom is -0.426 e. The van der Waals surface area contributed by atoms with Gasteiger partial charge in [-0.3, -0.25) is 4.79 Å². The number of benzene rings is 2. The van der Waals surface area contributed by atoms with Gasteiger partial charge in [0.1, 0.15) is 17.0 Å². The van der Waals surface area contributed by atoms with E-state index in [4.69, 9.17) is 4.74 Å². The average molecular weight is 438 g/mol. The second kappa shape index (κ2) is 7.58. The van der Waals surface area contributed by atoms with Crippen molar-refractivity contribution in [3.8, 4) is 11.4 Å². The summed E-state index contributed by atoms with van der Waals surface area (Å²) in [4.78, 5) is 14.8. The van der Waals surface area contributed by atoms with Crippen molar-refractivity contribution in [1.29, 1.82) is 0 Å². The molecule has 0 bridgehead atoms. The van der Waals surface area contributed by atoms with Crippen molar-refractivity contribution >= 4 is 21.8 Å². The summed E-state index contributed by atoms with van der Waals surface area (Å²) >= 11 is 0. The monoisotopic (exact) mass is 438 g/mol. The van der Waals surface area contributed by atoms with Crippen molar-refractivity contribution in [1.82, 2.24) is 25.1 Å². The Morgan fingerprint density at radius 2 is 1.77 bits per heavy atom. The molecule has 11 heteroatoms. The van der Waals surface area contributed by atoms with Crippen LogP contribution < -0.4 is 4.74 Å². The van der Waals surface area contributed by atoms with E-state index >= 15 is 0 Å². The smallest absolute Gasteiger partial charge is 0.314 e. The molecule has 0 aliphatic carbocycles. The van der Waals surface area contributed by atoms with Gasteiger partial charge in [0.2, 0.25) is 0 Å². The number of tetrazole rings is 1. The van der Waals surface area contributed by atoms with Crippen LogP contribution in [0.1, 0.15) is 18.4 Å². The number of carbonyl (C=O) groups excluding carboxylic acids is 1. The Bertz CT molecular complexity index is 1250. The van der Waals surface area contributed by atoms with Gasteiger partial charge in [-0.05, 0) is 59.7 Å². The van der Waals surface area contributed by atoms with Crippen molar-refractivity contribution < 1.29 is 17.9 Å². The number of piperidine rings is 1. The van der Waals surface area contributed by atoms with Crippen molar-refractivity contribution in [2.24, 2.45) is 10.3 Å². The number of ether oxygens (including phenoxy) is 1. The largest absolute Gasteiger partial charge is 0.426 e. The maximum Gasteiger partial charge on any atom is 0.314 e. The summed E-state index contributed by atoms with van der Waals surface area (Å²) in [6.07, 6.45) is 2.60. The minimum absolute atomic E-state index is 0.233. The zero-order chi connectivity index (χ0) is 21.4. The molecule has 3 heterocycles. The number of rotatable bonds is 3. The molecule has 3 aromatic rings. The van der Waals surface area contributed by atoms with Crippen molar-refractivity contribution in [2.45, 2.75) is 17.7 Å². The Morgan fingerprint density at radius 3 is 2.48 bits per heavy atom. The van der Waals surface area contributed by atoms with Crippen LogP contribution in [0, 0.1) is 5.92 Å². The first-order valence-electron chi connectivity index (χ1n) is 9.76. The SMILES string of the molecule is O=C(Oc1ccc(-n2cnnn2)cc1)C1CCN(C2=NS(=O)(=O)c3ccccc32)CC1. The fraction of sp³-hybridized carbons (Fsp3) is 0.250. The topological polar surface area (TPSA) is 120 Å². The molecule has 0 spiro atoms. The van der Waals surface area contributed by atoms with E-state index in [9.17, 15) is 13.2 Å². The molecule has 0 N–H and O–H groups in total. The molecule has 1 fully saturated rings. The van der Waals surface area contributed by atoms with E-state index in [2.05, 4.69) is 19.9 Å². The van der Waals surface area contributed by atoms with E-state index in [0.717, 1.165) is 5.69 Å². The highest BCUT2D eigenvalue weighted by molar-refractivity contribution is 7.90. The van der Waals surface area contributed by atoms with Crippen LogP contribution in [0.25, 0.3) is 5.69 Å². The molecule has 0 unspecified atom stereocenters. The first-order valence-corrected chi connectivity index (χ1v) is 11.2. The molecular formula is C20H18N6O4S. The zero-order valence-electron chi connectivity index (χ0n) is 16.3. The zero-order valence-corrected chi connectivity index (χ0v) is 17.1. The van der Waals surface area contributed by atoms with Crippen LogP contribution in [-0.4, -0.2) is 58.4 Å². The van der Waals surface area contributed by atoms with Crippen LogP contribution >= 0.6 is 0 Å². The number of sulfonamides is 1. The van der Waals surface area contributed by atoms with Crippen LogP contribution in [0.3, 0.4) is 0 Å². The fourth-order valence-electron chi connectivity index (χ4n) is 3.79. The fourth-order valence-corrected chi connectivity index (χ4v) is 5.02. The number of esters is 1. The Morgan fingerprint density at radius 1 is 1.03 bits per heavy atom. The number of carbonyl (C=O) groups is 1. The first kappa shape index (κ1) is 19.4. The third-order valence-corrected chi connectivity index (χ3v) is 6.73. The van der Waals surface area contributed by atoms with E-state index in [-0.39, 0.29) is 16.8 Å².